The number of hydrogen-bond acceptors (Lipinski definition) is 3. The fraction of sp³-hybridized carbons (Fsp3) is 0.667. The third-order valence-electron chi connectivity index (χ3n) is 2.96. The minimum Gasteiger partial charge on any atom is -0.385 e. The van der Waals surface area contributed by atoms with Crippen LogP contribution in [0.4, 0.5) is 0 Å². The maximum Gasteiger partial charge on any atom is 0.115 e. The molecule has 1 saturated heterocycles. The molecule has 1 aliphatic heterocycles. The molecule has 2 nitrogen and oxygen atoms in total. The first-order valence-corrected chi connectivity index (χ1v) is 6.30. The van der Waals surface area contributed by atoms with Crippen molar-refractivity contribution < 1.29 is 9.84 Å². The van der Waals surface area contributed by atoms with Gasteiger partial charge in [-0.05, 0) is 45.2 Å². The standard InChI is InChI=1S/C12H18O2S/c1-7-6-9(3)15-12(7)11(13)10-5-4-8(2)14-10/h6,8,10-11,13H,4-5H2,1-3H3. The molecule has 0 aromatic carbocycles. The van der Waals surface area contributed by atoms with Gasteiger partial charge in [0.15, 0.2) is 0 Å². The fourth-order valence-corrected chi connectivity index (χ4v) is 3.26. The number of thiophene rings is 1. The van der Waals surface area contributed by atoms with Crippen molar-refractivity contribution in [3.63, 3.8) is 0 Å². The van der Waals surface area contributed by atoms with Gasteiger partial charge in [-0.1, -0.05) is 0 Å². The maximum atomic E-state index is 10.2. The van der Waals surface area contributed by atoms with Crippen LogP contribution in [0.25, 0.3) is 0 Å². The summed E-state index contributed by atoms with van der Waals surface area (Å²) in [5, 5.41) is 10.2. The molecule has 3 atom stereocenters. The van der Waals surface area contributed by atoms with Crippen LogP contribution in [0.15, 0.2) is 6.07 Å². The molecule has 2 rings (SSSR count). The molecule has 1 N–H and O–H groups in total. The lowest BCUT2D eigenvalue weighted by atomic mass is 10.1. The quantitative estimate of drug-likeness (QED) is 0.840. The number of aliphatic hydroxyl groups is 1. The van der Waals surface area contributed by atoms with Crippen molar-refractivity contribution in [3.8, 4) is 0 Å². The molecular weight excluding hydrogens is 208 g/mol. The second-order valence-electron chi connectivity index (χ2n) is 4.41. The summed E-state index contributed by atoms with van der Waals surface area (Å²) in [5.41, 5.74) is 1.19. The van der Waals surface area contributed by atoms with Crippen molar-refractivity contribution in [2.24, 2.45) is 0 Å². The summed E-state index contributed by atoms with van der Waals surface area (Å²) in [7, 11) is 0. The molecular formula is C12H18O2S. The van der Waals surface area contributed by atoms with E-state index in [9.17, 15) is 5.11 Å². The van der Waals surface area contributed by atoms with Gasteiger partial charge >= 0.3 is 0 Å². The third-order valence-corrected chi connectivity index (χ3v) is 4.19. The van der Waals surface area contributed by atoms with E-state index in [-0.39, 0.29) is 6.10 Å². The van der Waals surface area contributed by atoms with Crippen molar-refractivity contribution in [3.05, 3.63) is 21.4 Å². The molecule has 84 valence electrons. The summed E-state index contributed by atoms with van der Waals surface area (Å²) in [6.45, 7) is 6.20. The van der Waals surface area contributed by atoms with Gasteiger partial charge in [0.1, 0.15) is 6.10 Å². The summed E-state index contributed by atoms with van der Waals surface area (Å²) < 4.78 is 5.70. The minimum atomic E-state index is -0.436. The predicted octanol–water partition coefficient (Wildman–Crippen LogP) is 2.97. The highest BCUT2D eigenvalue weighted by molar-refractivity contribution is 7.12. The molecule has 0 amide bonds. The van der Waals surface area contributed by atoms with E-state index in [1.54, 1.807) is 11.3 Å². The monoisotopic (exact) mass is 226 g/mol. The van der Waals surface area contributed by atoms with Crippen LogP contribution in [-0.4, -0.2) is 17.3 Å². The normalized spacial score (nSPS) is 28.3. The largest absolute Gasteiger partial charge is 0.385 e. The Bertz CT molecular complexity index is 345. The first kappa shape index (κ1) is 11.1. The van der Waals surface area contributed by atoms with Crippen LogP contribution in [0.5, 0.6) is 0 Å². The zero-order chi connectivity index (χ0) is 11.0. The minimum absolute atomic E-state index is 0.00301. The van der Waals surface area contributed by atoms with Crippen molar-refractivity contribution in [1.82, 2.24) is 0 Å². The Morgan fingerprint density at radius 3 is 2.67 bits per heavy atom. The number of ether oxygens (including phenoxy) is 1. The highest BCUT2D eigenvalue weighted by Gasteiger charge is 2.30. The van der Waals surface area contributed by atoms with E-state index < -0.39 is 6.10 Å². The molecule has 0 radical (unpaired) electrons. The molecule has 0 aliphatic carbocycles. The van der Waals surface area contributed by atoms with Crippen LogP contribution in [0, 0.1) is 13.8 Å². The zero-order valence-electron chi connectivity index (χ0n) is 9.49. The first-order chi connectivity index (χ1) is 7.08. The molecule has 0 saturated carbocycles. The summed E-state index contributed by atoms with van der Waals surface area (Å²) in [4.78, 5) is 2.33. The van der Waals surface area contributed by atoms with Gasteiger partial charge < -0.3 is 9.84 Å². The van der Waals surface area contributed by atoms with Crippen molar-refractivity contribution in [2.45, 2.75) is 51.9 Å². The Kier molecular flexibility index (Phi) is 3.14. The predicted molar refractivity (Wildman–Crippen MR) is 62.3 cm³/mol. The highest BCUT2D eigenvalue weighted by atomic mass is 32.1. The van der Waals surface area contributed by atoms with E-state index in [0.29, 0.717) is 6.10 Å². The van der Waals surface area contributed by atoms with Crippen molar-refractivity contribution >= 4 is 11.3 Å². The summed E-state index contributed by atoms with van der Waals surface area (Å²) in [6, 6.07) is 2.13. The molecule has 0 spiro atoms. The highest BCUT2D eigenvalue weighted by Crippen LogP contribution is 2.35. The Balaban J connectivity index is 2.13. The van der Waals surface area contributed by atoms with E-state index in [4.69, 9.17) is 4.74 Å². The molecule has 2 heterocycles. The second-order valence-corrected chi connectivity index (χ2v) is 5.70. The smallest absolute Gasteiger partial charge is 0.115 e. The Labute approximate surface area is 94.9 Å². The summed E-state index contributed by atoms with van der Waals surface area (Å²) in [6.07, 6.45) is 1.89. The van der Waals surface area contributed by atoms with Crippen LogP contribution in [-0.2, 0) is 4.74 Å². The summed E-state index contributed by atoms with van der Waals surface area (Å²) in [5.74, 6) is 0. The van der Waals surface area contributed by atoms with Crippen LogP contribution < -0.4 is 0 Å². The van der Waals surface area contributed by atoms with Gasteiger partial charge in [-0.3, -0.25) is 0 Å². The number of aryl methyl sites for hydroxylation is 2. The lowest BCUT2D eigenvalue weighted by Crippen LogP contribution is -2.18. The molecule has 1 aromatic heterocycles. The SMILES string of the molecule is Cc1cc(C)c(C(O)C2CCC(C)O2)s1. The second kappa shape index (κ2) is 4.24. The average molecular weight is 226 g/mol. The molecule has 3 heteroatoms. The van der Waals surface area contributed by atoms with E-state index in [1.807, 2.05) is 0 Å². The number of hydrogen-bond donors (Lipinski definition) is 1. The van der Waals surface area contributed by atoms with Crippen molar-refractivity contribution in [2.75, 3.05) is 0 Å². The van der Waals surface area contributed by atoms with Gasteiger partial charge in [0, 0.05) is 9.75 Å². The lowest BCUT2D eigenvalue weighted by Gasteiger charge is -2.18. The Morgan fingerprint density at radius 1 is 1.47 bits per heavy atom. The maximum absolute atomic E-state index is 10.2. The Hall–Kier alpha value is -0.380. The molecule has 1 fully saturated rings. The summed E-state index contributed by atoms with van der Waals surface area (Å²) >= 11 is 1.68. The Morgan fingerprint density at radius 2 is 2.20 bits per heavy atom. The van der Waals surface area contributed by atoms with Gasteiger partial charge in [-0.2, -0.15) is 0 Å². The van der Waals surface area contributed by atoms with Crippen LogP contribution in [0.1, 0.15) is 41.2 Å². The lowest BCUT2D eigenvalue weighted by molar-refractivity contribution is -0.0285. The van der Waals surface area contributed by atoms with E-state index in [2.05, 4.69) is 26.8 Å². The van der Waals surface area contributed by atoms with E-state index >= 15 is 0 Å². The molecule has 15 heavy (non-hydrogen) atoms. The van der Waals surface area contributed by atoms with Gasteiger partial charge in [0.05, 0.1) is 12.2 Å². The van der Waals surface area contributed by atoms with Crippen LogP contribution in [0.3, 0.4) is 0 Å². The molecule has 1 aromatic rings. The first-order valence-electron chi connectivity index (χ1n) is 5.48. The average Bonchev–Trinajstić information content (AvgIpc) is 2.71. The molecule has 1 aliphatic rings. The van der Waals surface area contributed by atoms with Crippen LogP contribution in [0.2, 0.25) is 0 Å². The zero-order valence-corrected chi connectivity index (χ0v) is 10.3. The van der Waals surface area contributed by atoms with E-state index in [1.165, 1.54) is 10.4 Å². The van der Waals surface area contributed by atoms with Crippen LogP contribution >= 0.6 is 11.3 Å². The van der Waals surface area contributed by atoms with E-state index in [0.717, 1.165) is 17.7 Å². The third kappa shape index (κ3) is 2.25. The number of rotatable bonds is 2. The van der Waals surface area contributed by atoms with Gasteiger partial charge in [-0.15, -0.1) is 11.3 Å². The topological polar surface area (TPSA) is 29.5 Å². The van der Waals surface area contributed by atoms with Gasteiger partial charge in [-0.25, -0.2) is 0 Å². The van der Waals surface area contributed by atoms with Gasteiger partial charge in [0.25, 0.3) is 0 Å². The number of aliphatic hydroxyl groups excluding tert-OH is 1. The molecule has 3 unspecified atom stereocenters. The fourth-order valence-electron chi connectivity index (χ4n) is 2.19. The molecule has 0 bridgehead atoms. The van der Waals surface area contributed by atoms with Gasteiger partial charge in [0.2, 0.25) is 0 Å². The van der Waals surface area contributed by atoms with Crippen molar-refractivity contribution in [1.29, 1.82) is 0 Å².